The van der Waals surface area contributed by atoms with E-state index in [2.05, 4.69) is 15.3 Å². The Labute approximate surface area is 119 Å². The molecule has 8 heteroatoms. The SMILES string of the molecule is N=C(c1c(Cl)ncnc1NC1CCCCC1)C(F)(F)F. The summed E-state index contributed by atoms with van der Waals surface area (Å²) in [5.74, 6) is -0.0146. The zero-order valence-corrected chi connectivity index (χ0v) is 11.4. The molecule has 0 amide bonds. The fourth-order valence-electron chi connectivity index (χ4n) is 2.28. The minimum atomic E-state index is -4.78. The zero-order valence-electron chi connectivity index (χ0n) is 10.6. The van der Waals surface area contributed by atoms with Crippen LogP contribution in [0.2, 0.25) is 5.15 Å². The molecule has 1 heterocycles. The largest absolute Gasteiger partial charge is 0.433 e. The highest BCUT2D eigenvalue weighted by Gasteiger charge is 2.39. The average molecular weight is 307 g/mol. The first-order valence-electron chi connectivity index (χ1n) is 6.32. The molecule has 0 aliphatic heterocycles. The molecule has 0 unspecified atom stereocenters. The number of anilines is 1. The van der Waals surface area contributed by atoms with Crippen LogP contribution in [-0.2, 0) is 0 Å². The minimum absolute atomic E-state index is 0.0146. The predicted octanol–water partition coefficient (Wildman–Crippen LogP) is 3.80. The van der Waals surface area contributed by atoms with Crippen LogP contribution < -0.4 is 5.32 Å². The molecule has 1 aromatic heterocycles. The average Bonchev–Trinajstić information content (AvgIpc) is 2.38. The maximum Gasteiger partial charge on any atom is 0.433 e. The molecule has 20 heavy (non-hydrogen) atoms. The summed E-state index contributed by atoms with van der Waals surface area (Å²) in [7, 11) is 0. The molecule has 2 rings (SSSR count). The van der Waals surface area contributed by atoms with Crippen LogP contribution in [0.1, 0.15) is 37.7 Å². The van der Waals surface area contributed by atoms with E-state index < -0.39 is 17.5 Å². The molecule has 0 aromatic carbocycles. The van der Waals surface area contributed by atoms with Gasteiger partial charge in [0.1, 0.15) is 23.0 Å². The smallest absolute Gasteiger partial charge is 0.367 e. The van der Waals surface area contributed by atoms with Crippen molar-refractivity contribution in [2.45, 2.75) is 44.3 Å². The molecule has 1 aliphatic rings. The molecule has 0 atom stereocenters. The van der Waals surface area contributed by atoms with Crippen molar-refractivity contribution in [3.05, 3.63) is 17.0 Å². The third-order valence-electron chi connectivity index (χ3n) is 3.28. The normalized spacial score (nSPS) is 17.0. The fraction of sp³-hybridized carbons (Fsp3) is 0.583. The van der Waals surface area contributed by atoms with Crippen molar-refractivity contribution < 1.29 is 13.2 Å². The zero-order chi connectivity index (χ0) is 14.8. The van der Waals surface area contributed by atoms with E-state index >= 15 is 0 Å². The van der Waals surface area contributed by atoms with Crippen LogP contribution >= 0.6 is 11.6 Å². The second kappa shape index (κ2) is 5.95. The molecule has 2 N–H and O–H groups in total. The Morgan fingerprint density at radius 3 is 2.50 bits per heavy atom. The monoisotopic (exact) mass is 306 g/mol. The minimum Gasteiger partial charge on any atom is -0.367 e. The predicted molar refractivity (Wildman–Crippen MR) is 70.4 cm³/mol. The summed E-state index contributed by atoms with van der Waals surface area (Å²) in [5.41, 5.74) is -2.01. The van der Waals surface area contributed by atoms with Crippen LogP contribution in [0.3, 0.4) is 0 Å². The van der Waals surface area contributed by atoms with Gasteiger partial charge in [0.2, 0.25) is 0 Å². The summed E-state index contributed by atoms with van der Waals surface area (Å²) in [6.07, 6.45) is 1.26. The Kier molecular flexibility index (Phi) is 4.47. The van der Waals surface area contributed by atoms with Gasteiger partial charge in [0.05, 0.1) is 5.56 Å². The van der Waals surface area contributed by atoms with E-state index in [-0.39, 0.29) is 17.0 Å². The van der Waals surface area contributed by atoms with Crippen molar-refractivity contribution in [3.63, 3.8) is 0 Å². The first-order chi connectivity index (χ1) is 9.39. The van der Waals surface area contributed by atoms with Crippen LogP contribution in [0.4, 0.5) is 19.0 Å². The lowest BCUT2D eigenvalue weighted by molar-refractivity contribution is -0.0587. The number of halogens is 4. The second-order valence-corrected chi connectivity index (χ2v) is 5.10. The van der Waals surface area contributed by atoms with E-state index in [9.17, 15) is 13.2 Å². The number of hydrogen-bond donors (Lipinski definition) is 2. The van der Waals surface area contributed by atoms with Gasteiger partial charge in [0.15, 0.2) is 0 Å². The Bertz CT molecular complexity index is 498. The Morgan fingerprint density at radius 2 is 1.90 bits per heavy atom. The molecule has 1 fully saturated rings. The first kappa shape index (κ1) is 15.0. The lowest BCUT2D eigenvalue weighted by atomic mass is 9.95. The fourth-order valence-corrected chi connectivity index (χ4v) is 2.50. The lowest BCUT2D eigenvalue weighted by Gasteiger charge is -2.24. The molecule has 1 saturated carbocycles. The van der Waals surface area contributed by atoms with E-state index in [1.807, 2.05) is 0 Å². The quantitative estimate of drug-likeness (QED) is 0.659. The van der Waals surface area contributed by atoms with Crippen molar-refractivity contribution in [2.24, 2.45) is 0 Å². The lowest BCUT2D eigenvalue weighted by Crippen LogP contribution is -2.28. The first-order valence-corrected chi connectivity index (χ1v) is 6.70. The standard InChI is InChI=1S/C12H14ClF3N4/c13-10-8(9(17)12(14,15)16)11(19-6-18-10)20-7-4-2-1-3-5-7/h6-7,17H,1-5H2,(H,18,19,20). The van der Waals surface area contributed by atoms with Crippen LogP contribution in [0.25, 0.3) is 0 Å². The van der Waals surface area contributed by atoms with Crippen molar-refractivity contribution in [2.75, 3.05) is 5.32 Å². The van der Waals surface area contributed by atoms with Gasteiger partial charge in [0, 0.05) is 6.04 Å². The van der Waals surface area contributed by atoms with E-state index in [0.717, 1.165) is 38.4 Å². The molecule has 0 radical (unpaired) electrons. The van der Waals surface area contributed by atoms with Gasteiger partial charge in [-0.2, -0.15) is 13.2 Å². The number of nitrogens with zero attached hydrogens (tertiary/aromatic N) is 2. The van der Waals surface area contributed by atoms with Crippen molar-refractivity contribution in [1.29, 1.82) is 5.41 Å². The molecule has 0 bridgehead atoms. The molecule has 1 aromatic rings. The summed E-state index contributed by atoms with van der Waals surface area (Å²) in [4.78, 5) is 7.36. The summed E-state index contributed by atoms with van der Waals surface area (Å²) >= 11 is 5.72. The molecule has 1 aliphatic carbocycles. The molecule has 110 valence electrons. The molecular weight excluding hydrogens is 293 g/mol. The van der Waals surface area contributed by atoms with Crippen molar-refractivity contribution in [1.82, 2.24) is 9.97 Å². The van der Waals surface area contributed by atoms with Crippen molar-refractivity contribution >= 4 is 23.1 Å². The Morgan fingerprint density at radius 1 is 1.25 bits per heavy atom. The number of rotatable bonds is 3. The maximum atomic E-state index is 12.7. The molecule has 0 saturated heterocycles. The summed E-state index contributed by atoms with van der Waals surface area (Å²) in [6.45, 7) is 0. The second-order valence-electron chi connectivity index (χ2n) is 4.74. The molecular formula is C12H14ClF3N4. The van der Waals surface area contributed by atoms with Gasteiger partial charge in [-0.15, -0.1) is 0 Å². The van der Waals surface area contributed by atoms with E-state index in [1.165, 1.54) is 0 Å². The topological polar surface area (TPSA) is 61.7 Å². The van der Waals surface area contributed by atoms with Gasteiger partial charge in [-0.3, -0.25) is 5.41 Å². The van der Waals surface area contributed by atoms with Crippen LogP contribution in [0.5, 0.6) is 0 Å². The molecule has 0 spiro atoms. The summed E-state index contributed by atoms with van der Waals surface area (Å²) in [5, 5.41) is 9.86. The summed E-state index contributed by atoms with van der Waals surface area (Å²) < 4.78 is 38.1. The van der Waals surface area contributed by atoms with E-state index in [1.54, 1.807) is 0 Å². The van der Waals surface area contributed by atoms with Crippen LogP contribution in [0, 0.1) is 5.41 Å². The number of alkyl halides is 3. The third kappa shape index (κ3) is 3.39. The third-order valence-corrected chi connectivity index (χ3v) is 3.57. The van der Waals surface area contributed by atoms with Crippen LogP contribution in [0.15, 0.2) is 6.33 Å². The Hall–Kier alpha value is -1.37. The van der Waals surface area contributed by atoms with Crippen molar-refractivity contribution in [3.8, 4) is 0 Å². The highest BCUT2D eigenvalue weighted by Crippen LogP contribution is 2.30. The van der Waals surface area contributed by atoms with Gasteiger partial charge in [0.25, 0.3) is 0 Å². The van der Waals surface area contributed by atoms with Gasteiger partial charge >= 0.3 is 6.18 Å². The number of aromatic nitrogens is 2. The Balaban J connectivity index is 2.28. The van der Waals surface area contributed by atoms with E-state index in [4.69, 9.17) is 17.0 Å². The van der Waals surface area contributed by atoms with Gasteiger partial charge in [-0.05, 0) is 12.8 Å². The van der Waals surface area contributed by atoms with Gasteiger partial charge in [-0.1, -0.05) is 30.9 Å². The van der Waals surface area contributed by atoms with Crippen LogP contribution in [-0.4, -0.2) is 27.9 Å². The highest BCUT2D eigenvalue weighted by molar-refractivity contribution is 6.34. The maximum absolute atomic E-state index is 12.7. The van der Waals surface area contributed by atoms with Gasteiger partial charge in [-0.25, -0.2) is 9.97 Å². The number of nitrogens with one attached hydrogen (secondary N) is 2. The van der Waals surface area contributed by atoms with E-state index in [0.29, 0.717) is 0 Å². The molecule has 4 nitrogen and oxygen atoms in total. The van der Waals surface area contributed by atoms with Gasteiger partial charge < -0.3 is 5.32 Å². The highest BCUT2D eigenvalue weighted by atomic mass is 35.5. The summed E-state index contributed by atoms with van der Waals surface area (Å²) in [6, 6.07) is 0.0644. The number of hydrogen-bond acceptors (Lipinski definition) is 4.